The number of nitro groups is 1. The van der Waals surface area contributed by atoms with Crippen LogP contribution in [0.5, 0.6) is 5.75 Å². The summed E-state index contributed by atoms with van der Waals surface area (Å²) >= 11 is 0. The van der Waals surface area contributed by atoms with E-state index >= 15 is 0 Å². The van der Waals surface area contributed by atoms with Crippen molar-refractivity contribution in [1.82, 2.24) is 5.32 Å². The van der Waals surface area contributed by atoms with Crippen LogP contribution in [-0.4, -0.2) is 24.1 Å². The lowest BCUT2D eigenvalue weighted by atomic mass is 10.0. The van der Waals surface area contributed by atoms with Gasteiger partial charge in [-0.05, 0) is 33.0 Å². The lowest BCUT2D eigenvalue weighted by Gasteiger charge is -2.20. The summed E-state index contributed by atoms with van der Waals surface area (Å²) < 4.78 is 5.51. The van der Waals surface area contributed by atoms with Crippen LogP contribution in [0.2, 0.25) is 0 Å². The summed E-state index contributed by atoms with van der Waals surface area (Å²) in [5.74, 6) is 0.569. The molecule has 0 aliphatic heterocycles. The van der Waals surface area contributed by atoms with Gasteiger partial charge in [0.05, 0.1) is 17.6 Å². The first-order chi connectivity index (χ1) is 8.91. The Balaban J connectivity index is 2.63. The van der Waals surface area contributed by atoms with Crippen LogP contribution in [0, 0.1) is 28.4 Å². The highest BCUT2D eigenvalue weighted by Crippen LogP contribution is 2.23. The minimum atomic E-state index is -0.629. The average Bonchev–Trinajstić information content (AvgIpc) is 2.38. The van der Waals surface area contributed by atoms with Crippen LogP contribution < -0.4 is 10.1 Å². The molecule has 19 heavy (non-hydrogen) atoms. The van der Waals surface area contributed by atoms with Crippen molar-refractivity contribution in [3.63, 3.8) is 0 Å². The molecule has 0 aromatic heterocycles. The SMILES string of the molecule is CNC(C)(C#N)CCOc1ccc([N+](=O)[O-])c(C)c1. The zero-order valence-corrected chi connectivity index (χ0v) is 11.3. The molecule has 1 unspecified atom stereocenters. The molecule has 1 N–H and O–H groups in total. The molecule has 6 nitrogen and oxygen atoms in total. The van der Waals surface area contributed by atoms with E-state index in [0.29, 0.717) is 24.3 Å². The van der Waals surface area contributed by atoms with Crippen LogP contribution >= 0.6 is 0 Å². The van der Waals surface area contributed by atoms with Gasteiger partial charge in [0.2, 0.25) is 0 Å². The number of ether oxygens (including phenoxy) is 1. The van der Waals surface area contributed by atoms with Gasteiger partial charge in [0.15, 0.2) is 0 Å². The summed E-state index contributed by atoms with van der Waals surface area (Å²) in [6.07, 6.45) is 0.524. The number of nitrogens with zero attached hydrogens (tertiary/aromatic N) is 2. The summed E-state index contributed by atoms with van der Waals surface area (Å²) in [6.45, 7) is 3.82. The molecule has 6 heteroatoms. The molecular weight excluding hydrogens is 246 g/mol. The van der Waals surface area contributed by atoms with Gasteiger partial charge in [0.1, 0.15) is 11.3 Å². The number of nitrogens with one attached hydrogen (secondary N) is 1. The molecule has 1 aromatic carbocycles. The van der Waals surface area contributed by atoms with Gasteiger partial charge in [-0.3, -0.25) is 10.1 Å². The van der Waals surface area contributed by atoms with Crippen molar-refractivity contribution in [3.8, 4) is 11.8 Å². The number of aryl methyl sites for hydroxylation is 1. The van der Waals surface area contributed by atoms with Gasteiger partial charge < -0.3 is 10.1 Å². The first kappa shape index (κ1) is 14.9. The van der Waals surface area contributed by atoms with Crippen molar-refractivity contribution in [3.05, 3.63) is 33.9 Å². The van der Waals surface area contributed by atoms with Crippen molar-refractivity contribution in [2.75, 3.05) is 13.7 Å². The van der Waals surface area contributed by atoms with Crippen LogP contribution in [0.15, 0.2) is 18.2 Å². The van der Waals surface area contributed by atoms with Gasteiger partial charge in [-0.25, -0.2) is 0 Å². The van der Waals surface area contributed by atoms with Crippen molar-refractivity contribution in [2.24, 2.45) is 0 Å². The Bertz CT molecular complexity index is 510. The normalized spacial score (nSPS) is 13.4. The summed E-state index contributed by atoms with van der Waals surface area (Å²) in [4.78, 5) is 10.3. The number of nitriles is 1. The lowest BCUT2D eigenvalue weighted by molar-refractivity contribution is -0.385. The zero-order chi connectivity index (χ0) is 14.5. The third kappa shape index (κ3) is 3.93. The maximum atomic E-state index is 10.7. The zero-order valence-electron chi connectivity index (χ0n) is 11.3. The fourth-order valence-corrected chi connectivity index (χ4v) is 1.53. The smallest absolute Gasteiger partial charge is 0.272 e. The fourth-order valence-electron chi connectivity index (χ4n) is 1.53. The highest BCUT2D eigenvalue weighted by atomic mass is 16.6. The van der Waals surface area contributed by atoms with E-state index in [1.54, 1.807) is 33.0 Å². The summed E-state index contributed by atoms with van der Waals surface area (Å²) in [7, 11) is 1.72. The molecule has 0 spiro atoms. The van der Waals surface area contributed by atoms with E-state index in [2.05, 4.69) is 11.4 Å². The topological polar surface area (TPSA) is 88.2 Å². The van der Waals surface area contributed by atoms with Crippen LogP contribution in [0.1, 0.15) is 18.9 Å². The van der Waals surface area contributed by atoms with Crippen molar-refractivity contribution in [2.45, 2.75) is 25.8 Å². The summed E-state index contributed by atoms with van der Waals surface area (Å²) in [5.41, 5.74) is -0.000812. The Labute approximate surface area is 112 Å². The number of nitro benzene ring substituents is 1. The second-order valence-corrected chi connectivity index (χ2v) is 4.50. The van der Waals surface area contributed by atoms with E-state index in [1.165, 1.54) is 6.07 Å². The largest absolute Gasteiger partial charge is 0.493 e. The Morgan fingerprint density at radius 1 is 1.58 bits per heavy atom. The molecular formula is C13H17N3O3. The Morgan fingerprint density at radius 2 is 2.26 bits per heavy atom. The minimum absolute atomic E-state index is 0.0736. The predicted octanol–water partition coefficient (Wildman–Crippen LogP) is 2.17. The molecule has 0 radical (unpaired) electrons. The van der Waals surface area contributed by atoms with Gasteiger partial charge in [0.25, 0.3) is 5.69 Å². The van der Waals surface area contributed by atoms with Gasteiger partial charge in [-0.1, -0.05) is 0 Å². The second kappa shape index (κ2) is 6.16. The Hall–Kier alpha value is -2.13. The van der Waals surface area contributed by atoms with E-state index < -0.39 is 10.5 Å². The van der Waals surface area contributed by atoms with E-state index in [9.17, 15) is 10.1 Å². The van der Waals surface area contributed by atoms with Crippen molar-refractivity contribution >= 4 is 5.69 Å². The van der Waals surface area contributed by atoms with Crippen molar-refractivity contribution < 1.29 is 9.66 Å². The van der Waals surface area contributed by atoms with E-state index in [-0.39, 0.29) is 5.69 Å². The molecule has 0 aliphatic rings. The molecule has 0 saturated heterocycles. The van der Waals surface area contributed by atoms with Crippen LogP contribution in [0.3, 0.4) is 0 Å². The molecule has 0 saturated carbocycles. The van der Waals surface area contributed by atoms with Crippen LogP contribution in [0.25, 0.3) is 0 Å². The molecule has 0 fully saturated rings. The molecule has 102 valence electrons. The molecule has 0 bridgehead atoms. The van der Waals surface area contributed by atoms with Gasteiger partial charge >= 0.3 is 0 Å². The molecule has 1 rings (SSSR count). The average molecular weight is 263 g/mol. The molecule has 0 heterocycles. The van der Waals surface area contributed by atoms with Crippen molar-refractivity contribution in [1.29, 1.82) is 5.26 Å². The Morgan fingerprint density at radius 3 is 2.74 bits per heavy atom. The first-order valence-corrected chi connectivity index (χ1v) is 5.90. The summed E-state index contributed by atoms with van der Waals surface area (Å²) in [6, 6.07) is 6.78. The lowest BCUT2D eigenvalue weighted by Crippen LogP contribution is -2.39. The summed E-state index contributed by atoms with van der Waals surface area (Å²) in [5, 5.41) is 22.6. The molecule has 0 aliphatic carbocycles. The maximum absolute atomic E-state index is 10.7. The number of hydrogen-bond acceptors (Lipinski definition) is 5. The quantitative estimate of drug-likeness (QED) is 0.627. The van der Waals surface area contributed by atoms with E-state index in [4.69, 9.17) is 10.00 Å². The minimum Gasteiger partial charge on any atom is -0.493 e. The van der Waals surface area contributed by atoms with E-state index in [0.717, 1.165) is 0 Å². The van der Waals surface area contributed by atoms with Crippen LogP contribution in [-0.2, 0) is 0 Å². The van der Waals surface area contributed by atoms with E-state index in [1.807, 2.05) is 0 Å². The van der Waals surface area contributed by atoms with Gasteiger partial charge in [-0.2, -0.15) is 5.26 Å². The highest BCUT2D eigenvalue weighted by molar-refractivity contribution is 5.44. The molecule has 1 atom stereocenters. The number of hydrogen-bond donors (Lipinski definition) is 1. The Kier molecular flexibility index (Phi) is 4.84. The van der Waals surface area contributed by atoms with Gasteiger partial charge in [-0.15, -0.1) is 0 Å². The van der Waals surface area contributed by atoms with Gasteiger partial charge in [0, 0.05) is 18.1 Å². The molecule has 1 aromatic rings. The first-order valence-electron chi connectivity index (χ1n) is 5.90. The predicted molar refractivity (Wildman–Crippen MR) is 71.0 cm³/mol. The maximum Gasteiger partial charge on any atom is 0.272 e. The highest BCUT2D eigenvalue weighted by Gasteiger charge is 2.21. The second-order valence-electron chi connectivity index (χ2n) is 4.50. The molecule has 0 amide bonds. The third-order valence-electron chi connectivity index (χ3n) is 3.03. The monoisotopic (exact) mass is 263 g/mol. The standard InChI is InChI=1S/C13H17N3O3/c1-10-8-11(4-5-12(10)16(17)18)19-7-6-13(2,9-14)15-3/h4-5,8,15H,6-7H2,1-3H3. The fraction of sp³-hybridized carbons (Fsp3) is 0.462. The number of benzene rings is 1. The third-order valence-corrected chi connectivity index (χ3v) is 3.03. The van der Waals surface area contributed by atoms with Crippen LogP contribution in [0.4, 0.5) is 5.69 Å². The number of rotatable bonds is 6.